The number of rotatable bonds is 11. The summed E-state index contributed by atoms with van der Waals surface area (Å²) in [5, 5.41) is 3.05. The Bertz CT molecular complexity index is 966. The number of likely N-dealkylation sites (N-methyl/N-ethyl adjacent to an activating group) is 1. The van der Waals surface area contributed by atoms with Crippen LogP contribution >= 0.6 is 0 Å². The SMILES string of the molecule is COc1cc(C)c(S(=O)(=O)N(C)CCC(=O)NCC2CCC(CN3CCC(N(C)C)C3)CC2)c(C)c1. The van der Waals surface area contributed by atoms with Gasteiger partial charge in [-0.05, 0) is 102 Å². The molecule has 2 aliphatic rings. The summed E-state index contributed by atoms with van der Waals surface area (Å²) in [6, 6.07) is 4.14. The van der Waals surface area contributed by atoms with Gasteiger partial charge in [-0.3, -0.25) is 4.79 Å². The third-order valence-electron chi connectivity index (χ3n) is 8.04. The molecule has 0 aromatic heterocycles. The van der Waals surface area contributed by atoms with Crippen molar-refractivity contribution in [1.29, 1.82) is 0 Å². The van der Waals surface area contributed by atoms with Crippen molar-refractivity contribution >= 4 is 15.9 Å². The topological polar surface area (TPSA) is 82.2 Å². The van der Waals surface area contributed by atoms with E-state index in [0.717, 1.165) is 18.8 Å². The number of hydrogen-bond donors (Lipinski definition) is 1. The van der Waals surface area contributed by atoms with E-state index >= 15 is 0 Å². The van der Waals surface area contributed by atoms with E-state index in [1.165, 1.54) is 50.2 Å². The summed E-state index contributed by atoms with van der Waals surface area (Å²) in [7, 11) is 3.76. The molecule has 1 aliphatic heterocycles. The summed E-state index contributed by atoms with van der Waals surface area (Å²) in [6.07, 6.45) is 6.18. The van der Waals surface area contributed by atoms with Crippen molar-refractivity contribution in [3.05, 3.63) is 23.3 Å². The summed E-state index contributed by atoms with van der Waals surface area (Å²) in [4.78, 5) is 17.7. The Kier molecular flexibility index (Phi) is 10.2. The Morgan fingerprint density at radius 1 is 1.06 bits per heavy atom. The van der Waals surface area contributed by atoms with Crippen LogP contribution in [0.5, 0.6) is 5.75 Å². The highest BCUT2D eigenvalue weighted by Crippen LogP contribution is 2.30. The van der Waals surface area contributed by atoms with E-state index in [2.05, 4.69) is 29.2 Å². The number of likely N-dealkylation sites (tertiary alicyclic amines) is 1. The van der Waals surface area contributed by atoms with Gasteiger partial charge in [0.2, 0.25) is 15.9 Å². The molecule has 1 aromatic rings. The lowest BCUT2D eigenvalue weighted by Crippen LogP contribution is -2.37. The lowest BCUT2D eigenvalue weighted by molar-refractivity contribution is -0.121. The van der Waals surface area contributed by atoms with Crippen LogP contribution in [-0.2, 0) is 14.8 Å². The molecule has 1 amide bonds. The largest absolute Gasteiger partial charge is 0.497 e. The first-order valence-corrected chi connectivity index (χ1v) is 14.7. The van der Waals surface area contributed by atoms with Crippen LogP contribution in [0.1, 0.15) is 49.7 Å². The van der Waals surface area contributed by atoms with E-state index in [1.54, 1.807) is 33.1 Å². The Morgan fingerprint density at radius 3 is 2.22 bits per heavy atom. The maximum atomic E-state index is 13.1. The maximum Gasteiger partial charge on any atom is 0.243 e. The van der Waals surface area contributed by atoms with Crippen molar-refractivity contribution in [2.75, 3.05) is 61.0 Å². The second-order valence-electron chi connectivity index (χ2n) is 11.0. The fourth-order valence-corrected chi connectivity index (χ4v) is 7.27. The molecule has 1 heterocycles. The molecule has 204 valence electrons. The van der Waals surface area contributed by atoms with E-state index in [9.17, 15) is 13.2 Å². The highest BCUT2D eigenvalue weighted by atomic mass is 32.2. The van der Waals surface area contributed by atoms with Crippen molar-refractivity contribution in [2.24, 2.45) is 11.8 Å². The van der Waals surface area contributed by atoms with Gasteiger partial charge in [-0.25, -0.2) is 12.7 Å². The molecule has 1 unspecified atom stereocenters. The molecule has 1 aliphatic carbocycles. The smallest absolute Gasteiger partial charge is 0.243 e. The first-order valence-electron chi connectivity index (χ1n) is 13.3. The average molecular weight is 523 g/mol. The molecule has 1 atom stereocenters. The molecular formula is C27H46N4O4S. The van der Waals surface area contributed by atoms with Gasteiger partial charge in [-0.2, -0.15) is 0 Å². The van der Waals surface area contributed by atoms with Gasteiger partial charge in [-0.1, -0.05) is 0 Å². The number of methoxy groups -OCH3 is 1. The van der Waals surface area contributed by atoms with Crippen LogP contribution in [-0.4, -0.2) is 95.4 Å². The number of amides is 1. The van der Waals surface area contributed by atoms with Crippen molar-refractivity contribution < 1.29 is 17.9 Å². The summed E-state index contributed by atoms with van der Waals surface area (Å²) in [5.74, 6) is 1.83. The Morgan fingerprint density at radius 2 is 1.67 bits per heavy atom. The molecule has 1 saturated heterocycles. The van der Waals surface area contributed by atoms with Crippen molar-refractivity contribution in [3.63, 3.8) is 0 Å². The average Bonchev–Trinajstić information content (AvgIpc) is 3.30. The second kappa shape index (κ2) is 12.7. The van der Waals surface area contributed by atoms with Gasteiger partial charge >= 0.3 is 0 Å². The predicted octanol–water partition coefficient (Wildman–Crippen LogP) is 2.88. The van der Waals surface area contributed by atoms with Gasteiger partial charge in [0.15, 0.2) is 0 Å². The summed E-state index contributed by atoms with van der Waals surface area (Å²) < 4.78 is 32.8. The second-order valence-corrected chi connectivity index (χ2v) is 13.0. The monoisotopic (exact) mass is 522 g/mol. The van der Waals surface area contributed by atoms with Gasteiger partial charge in [0.25, 0.3) is 0 Å². The maximum absolute atomic E-state index is 13.1. The minimum atomic E-state index is -3.69. The summed E-state index contributed by atoms with van der Waals surface area (Å²) >= 11 is 0. The molecule has 1 saturated carbocycles. The Hall–Kier alpha value is -1.68. The van der Waals surface area contributed by atoms with Gasteiger partial charge in [-0.15, -0.1) is 0 Å². The van der Waals surface area contributed by atoms with Gasteiger partial charge in [0.05, 0.1) is 12.0 Å². The van der Waals surface area contributed by atoms with Crippen molar-refractivity contribution in [2.45, 2.75) is 63.3 Å². The zero-order valence-corrected chi connectivity index (χ0v) is 23.9. The molecule has 0 spiro atoms. The third-order valence-corrected chi connectivity index (χ3v) is 10.2. The highest BCUT2D eigenvalue weighted by Gasteiger charge is 2.29. The molecule has 0 bridgehead atoms. The zero-order chi connectivity index (χ0) is 26.5. The first-order chi connectivity index (χ1) is 17.0. The number of nitrogens with zero attached hydrogens (tertiary/aromatic N) is 3. The normalized spacial score (nSPS) is 23.4. The van der Waals surface area contributed by atoms with E-state index in [0.29, 0.717) is 35.4 Å². The molecule has 1 aromatic carbocycles. The van der Waals surface area contributed by atoms with E-state index in [4.69, 9.17) is 4.74 Å². The number of carbonyl (C=O) groups excluding carboxylic acids is 1. The molecule has 2 fully saturated rings. The van der Waals surface area contributed by atoms with Crippen LogP contribution in [0.2, 0.25) is 0 Å². The van der Waals surface area contributed by atoms with Crippen LogP contribution in [0.25, 0.3) is 0 Å². The van der Waals surface area contributed by atoms with Gasteiger partial charge < -0.3 is 19.9 Å². The van der Waals surface area contributed by atoms with Crippen LogP contribution < -0.4 is 10.1 Å². The van der Waals surface area contributed by atoms with Gasteiger partial charge in [0.1, 0.15) is 5.75 Å². The summed E-state index contributed by atoms with van der Waals surface area (Å²) in [5.41, 5.74) is 1.28. The number of sulfonamides is 1. The first kappa shape index (κ1) is 28.9. The molecule has 0 radical (unpaired) electrons. The fraction of sp³-hybridized carbons (Fsp3) is 0.741. The number of aryl methyl sites for hydroxylation is 2. The van der Waals surface area contributed by atoms with Gasteiger partial charge in [0, 0.05) is 45.7 Å². The third kappa shape index (κ3) is 7.43. The predicted molar refractivity (Wildman–Crippen MR) is 144 cm³/mol. The lowest BCUT2D eigenvalue weighted by Gasteiger charge is -2.31. The number of hydrogen-bond acceptors (Lipinski definition) is 6. The van der Waals surface area contributed by atoms with E-state index in [1.807, 2.05) is 0 Å². The molecule has 3 rings (SSSR count). The van der Waals surface area contributed by atoms with Crippen molar-refractivity contribution in [3.8, 4) is 5.75 Å². The number of nitrogens with one attached hydrogen (secondary N) is 1. The minimum Gasteiger partial charge on any atom is -0.497 e. The summed E-state index contributed by atoms with van der Waals surface area (Å²) in [6.45, 7) is 7.97. The van der Waals surface area contributed by atoms with Crippen LogP contribution in [0.4, 0.5) is 0 Å². The van der Waals surface area contributed by atoms with Crippen LogP contribution in [0.3, 0.4) is 0 Å². The molecule has 9 heteroatoms. The standard InChI is InChI=1S/C27H46N4O4S/c1-20-15-25(35-6)16-21(2)27(20)36(33,34)30(5)13-12-26(32)28-17-22-7-9-23(10-8-22)18-31-14-11-24(19-31)29(3)4/h15-16,22-24H,7-14,17-19H2,1-6H3,(H,28,32). The molecule has 8 nitrogen and oxygen atoms in total. The molecule has 36 heavy (non-hydrogen) atoms. The van der Waals surface area contributed by atoms with Crippen LogP contribution in [0.15, 0.2) is 17.0 Å². The Labute approximate surface area is 218 Å². The molecular weight excluding hydrogens is 476 g/mol. The zero-order valence-electron chi connectivity index (χ0n) is 23.0. The highest BCUT2D eigenvalue weighted by molar-refractivity contribution is 7.89. The van der Waals surface area contributed by atoms with Crippen molar-refractivity contribution in [1.82, 2.24) is 19.4 Å². The van der Waals surface area contributed by atoms with E-state index < -0.39 is 10.0 Å². The molecule has 1 N–H and O–H groups in total. The van der Waals surface area contributed by atoms with Crippen LogP contribution in [0, 0.1) is 25.7 Å². The number of benzene rings is 1. The number of ether oxygens (including phenoxy) is 1. The Balaban J connectivity index is 1.38. The van der Waals surface area contributed by atoms with E-state index in [-0.39, 0.29) is 23.8 Å². The number of carbonyl (C=O) groups is 1. The quantitative estimate of drug-likeness (QED) is 0.481. The fourth-order valence-electron chi connectivity index (χ4n) is 5.70. The lowest BCUT2D eigenvalue weighted by atomic mass is 9.81. The minimum absolute atomic E-state index is 0.0888.